The van der Waals surface area contributed by atoms with Gasteiger partial charge in [0.1, 0.15) is 0 Å². The molecule has 0 atom stereocenters. The fourth-order valence-corrected chi connectivity index (χ4v) is 2.41. The van der Waals surface area contributed by atoms with Gasteiger partial charge in [-0.15, -0.1) is 0 Å². The van der Waals surface area contributed by atoms with E-state index in [9.17, 15) is 4.79 Å². The summed E-state index contributed by atoms with van der Waals surface area (Å²) in [5.41, 5.74) is 8.24. The molecule has 3 N–H and O–H groups in total. The maximum atomic E-state index is 12.1. The third kappa shape index (κ3) is 3.82. The molecule has 0 saturated carbocycles. The van der Waals surface area contributed by atoms with Crippen molar-refractivity contribution in [1.82, 2.24) is 0 Å². The molecular weight excluding hydrogens is 340 g/mol. The van der Waals surface area contributed by atoms with Crippen molar-refractivity contribution in [1.29, 1.82) is 0 Å². The first kappa shape index (κ1) is 15.0. The first-order valence-corrected chi connectivity index (χ1v) is 7.29. The van der Waals surface area contributed by atoms with Crippen LogP contribution in [0.4, 0.5) is 5.69 Å². The zero-order valence-electron chi connectivity index (χ0n) is 10.7. The molecule has 1 amide bonds. The number of hydrogen-bond acceptors (Lipinski definition) is 2. The Bertz CT molecular complexity index is 631. The highest BCUT2D eigenvalue weighted by Crippen LogP contribution is 2.26. The van der Waals surface area contributed by atoms with Crippen molar-refractivity contribution in [3.05, 3.63) is 63.1 Å². The highest BCUT2D eigenvalue weighted by atomic mass is 79.9. The highest BCUT2D eigenvalue weighted by Gasteiger charge is 2.09. The summed E-state index contributed by atoms with van der Waals surface area (Å²) in [5, 5.41) is 3.41. The van der Waals surface area contributed by atoms with Gasteiger partial charge in [-0.1, -0.05) is 35.9 Å². The fraction of sp³-hybridized carbons (Fsp3) is 0.133. The predicted octanol–water partition coefficient (Wildman–Crippen LogP) is 3.74. The first-order valence-electron chi connectivity index (χ1n) is 6.12. The number of anilines is 1. The number of halogens is 2. The average Bonchev–Trinajstić information content (AvgIpc) is 2.43. The molecule has 0 fully saturated rings. The van der Waals surface area contributed by atoms with E-state index < -0.39 is 0 Å². The van der Waals surface area contributed by atoms with Crippen LogP contribution in [-0.2, 0) is 17.8 Å². The van der Waals surface area contributed by atoms with Crippen LogP contribution in [0.25, 0.3) is 0 Å². The summed E-state index contributed by atoms with van der Waals surface area (Å²) in [5.74, 6) is -0.103. The molecule has 0 aliphatic rings. The second kappa shape index (κ2) is 6.88. The Morgan fingerprint density at radius 3 is 2.60 bits per heavy atom. The van der Waals surface area contributed by atoms with Crippen molar-refractivity contribution in [2.45, 2.75) is 13.0 Å². The molecule has 104 valence electrons. The Morgan fingerprint density at radius 2 is 1.90 bits per heavy atom. The minimum atomic E-state index is -0.103. The lowest BCUT2D eigenvalue weighted by molar-refractivity contribution is -0.115. The molecule has 2 aromatic carbocycles. The van der Waals surface area contributed by atoms with Gasteiger partial charge < -0.3 is 11.1 Å². The van der Waals surface area contributed by atoms with Crippen LogP contribution in [-0.4, -0.2) is 5.91 Å². The first-order chi connectivity index (χ1) is 9.60. The fourth-order valence-electron chi connectivity index (χ4n) is 1.89. The van der Waals surface area contributed by atoms with Crippen LogP contribution >= 0.6 is 27.5 Å². The van der Waals surface area contributed by atoms with Gasteiger partial charge in [0.2, 0.25) is 5.91 Å². The lowest BCUT2D eigenvalue weighted by Crippen LogP contribution is -2.16. The van der Waals surface area contributed by atoms with Gasteiger partial charge in [-0.05, 0) is 45.3 Å². The van der Waals surface area contributed by atoms with Gasteiger partial charge in [-0.3, -0.25) is 4.79 Å². The molecule has 2 rings (SSSR count). The largest absolute Gasteiger partial charge is 0.326 e. The third-order valence-corrected chi connectivity index (χ3v) is 3.82. The number of hydrogen-bond donors (Lipinski definition) is 2. The Labute approximate surface area is 131 Å². The minimum Gasteiger partial charge on any atom is -0.326 e. The van der Waals surface area contributed by atoms with Gasteiger partial charge in [0, 0.05) is 16.0 Å². The number of carbonyl (C=O) groups is 1. The van der Waals surface area contributed by atoms with Crippen molar-refractivity contribution < 1.29 is 4.79 Å². The van der Waals surface area contributed by atoms with Crippen molar-refractivity contribution in [3.63, 3.8) is 0 Å². The van der Waals surface area contributed by atoms with Crippen molar-refractivity contribution in [2.24, 2.45) is 5.73 Å². The smallest absolute Gasteiger partial charge is 0.228 e. The Balaban J connectivity index is 2.11. The van der Waals surface area contributed by atoms with E-state index in [0.29, 0.717) is 17.3 Å². The maximum Gasteiger partial charge on any atom is 0.228 e. The second-order valence-electron chi connectivity index (χ2n) is 4.32. The van der Waals surface area contributed by atoms with Crippen LogP contribution in [0.1, 0.15) is 11.1 Å². The molecule has 3 nitrogen and oxygen atoms in total. The molecule has 0 aliphatic carbocycles. The molecule has 2 aromatic rings. The summed E-state index contributed by atoms with van der Waals surface area (Å²) >= 11 is 9.30. The molecule has 0 heterocycles. The van der Waals surface area contributed by atoms with Crippen LogP contribution in [0.2, 0.25) is 5.02 Å². The van der Waals surface area contributed by atoms with Crippen molar-refractivity contribution in [2.75, 3.05) is 5.32 Å². The Kier molecular flexibility index (Phi) is 5.17. The molecule has 0 radical (unpaired) electrons. The monoisotopic (exact) mass is 352 g/mol. The third-order valence-electron chi connectivity index (χ3n) is 2.89. The van der Waals surface area contributed by atoms with Gasteiger partial charge in [0.25, 0.3) is 0 Å². The van der Waals surface area contributed by atoms with Crippen LogP contribution in [0.5, 0.6) is 0 Å². The molecule has 0 aliphatic heterocycles. The maximum absolute atomic E-state index is 12.1. The SMILES string of the molecule is NCc1ccccc1CC(=O)Nc1cc(Cl)ccc1Br. The van der Waals surface area contributed by atoms with Crippen LogP contribution < -0.4 is 11.1 Å². The van der Waals surface area contributed by atoms with Crippen LogP contribution in [0.3, 0.4) is 0 Å². The van der Waals surface area contributed by atoms with Crippen molar-refractivity contribution >= 4 is 39.1 Å². The lowest BCUT2D eigenvalue weighted by atomic mass is 10.0. The molecule has 0 bridgehead atoms. The topological polar surface area (TPSA) is 55.1 Å². The van der Waals surface area contributed by atoms with E-state index in [-0.39, 0.29) is 12.3 Å². The number of amides is 1. The van der Waals surface area contributed by atoms with Gasteiger partial charge in [0.05, 0.1) is 12.1 Å². The van der Waals surface area contributed by atoms with Gasteiger partial charge in [-0.25, -0.2) is 0 Å². The minimum absolute atomic E-state index is 0.103. The summed E-state index contributed by atoms with van der Waals surface area (Å²) in [6, 6.07) is 12.9. The molecule has 5 heteroatoms. The number of benzene rings is 2. The van der Waals surface area contributed by atoms with E-state index in [0.717, 1.165) is 15.6 Å². The molecule has 0 spiro atoms. The molecule has 0 aromatic heterocycles. The second-order valence-corrected chi connectivity index (χ2v) is 5.61. The summed E-state index contributed by atoms with van der Waals surface area (Å²) in [4.78, 5) is 12.1. The zero-order valence-corrected chi connectivity index (χ0v) is 13.0. The predicted molar refractivity (Wildman–Crippen MR) is 85.8 cm³/mol. The quantitative estimate of drug-likeness (QED) is 0.879. The zero-order chi connectivity index (χ0) is 14.5. The summed E-state index contributed by atoms with van der Waals surface area (Å²) in [6.07, 6.45) is 0.284. The van der Waals surface area contributed by atoms with Crippen LogP contribution in [0, 0.1) is 0 Å². The van der Waals surface area contributed by atoms with E-state index in [1.807, 2.05) is 24.3 Å². The summed E-state index contributed by atoms with van der Waals surface area (Å²) in [7, 11) is 0. The summed E-state index contributed by atoms with van der Waals surface area (Å²) in [6.45, 7) is 0.421. The van der Waals surface area contributed by atoms with Gasteiger partial charge in [0.15, 0.2) is 0 Å². The van der Waals surface area contributed by atoms with Crippen molar-refractivity contribution in [3.8, 4) is 0 Å². The van der Waals surface area contributed by atoms with E-state index in [4.69, 9.17) is 17.3 Å². The normalized spacial score (nSPS) is 10.3. The Hall–Kier alpha value is -1.36. The van der Waals surface area contributed by atoms with E-state index in [2.05, 4.69) is 21.2 Å². The lowest BCUT2D eigenvalue weighted by Gasteiger charge is -2.10. The highest BCUT2D eigenvalue weighted by molar-refractivity contribution is 9.10. The van der Waals surface area contributed by atoms with E-state index >= 15 is 0 Å². The van der Waals surface area contributed by atoms with Gasteiger partial charge >= 0.3 is 0 Å². The molecule has 20 heavy (non-hydrogen) atoms. The van der Waals surface area contributed by atoms with Gasteiger partial charge in [-0.2, -0.15) is 0 Å². The standard InChI is InChI=1S/C15H14BrClN2O/c16-13-6-5-12(17)8-14(13)19-15(20)7-10-3-1-2-4-11(10)9-18/h1-6,8H,7,9,18H2,(H,19,20). The molecular formula is C15H14BrClN2O. The number of nitrogens with one attached hydrogen (secondary N) is 1. The molecule has 0 unspecified atom stereocenters. The van der Waals surface area contributed by atoms with E-state index in [1.54, 1.807) is 18.2 Å². The number of nitrogens with two attached hydrogens (primary N) is 1. The number of rotatable bonds is 4. The van der Waals surface area contributed by atoms with E-state index in [1.165, 1.54) is 0 Å². The number of carbonyl (C=O) groups excluding carboxylic acids is 1. The average molecular weight is 354 g/mol. The summed E-state index contributed by atoms with van der Waals surface area (Å²) < 4.78 is 0.794. The van der Waals surface area contributed by atoms with Crippen LogP contribution in [0.15, 0.2) is 46.9 Å². The Morgan fingerprint density at radius 1 is 1.20 bits per heavy atom. The molecule has 0 saturated heterocycles.